The van der Waals surface area contributed by atoms with Crippen molar-refractivity contribution in [1.29, 1.82) is 0 Å². The van der Waals surface area contributed by atoms with E-state index in [1.54, 1.807) is 25.4 Å². The van der Waals surface area contributed by atoms with Crippen LogP contribution in [0.4, 0.5) is 4.39 Å². The molecule has 0 saturated carbocycles. The van der Waals surface area contributed by atoms with Crippen LogP contribution in [0.2, 0.25) is 0 Å². The lowest BCUT2D eigenvalue weighted by Crippen LogP contribution is -2.25. The summed E-state index contributed by atoms with van der Waals surface area (Å²) in [7, 11) is 1.66. The average Bonchev–Trinajstić information content (AvgIpc) is 2.87. The van der Waals surface area contributed by atoms with E-state index in [0.717, 1.165) is 15.1 Å². The number of nitrogens with zero attached hydrogens (tertiary/aromatic N) is 1. The molecule has 4 nitrogen and oxygen atoms in total. The van der Waals surface area contributed by atoms with Gasteiger partial charge in [-0.25, -0.2) is 4.39 Å². The predicted octanol–water partition coefficient (Wildman–Crippen LogP) is 2.98. The van der Waals surface area contributed by atoms with Crippen molar-refractivity contribution >= 4 is 27.3 Å². The maximum absolute atomic E-state index is 12.9. The number of carbonyl (C=O) groups is 1. The van der Waals surface area contributed by atoms with Gasteiger partial charge in [-0.1, -0.05) is 12.1 Å². The van der Waals surface area contributed by atoms with Crippen LogP contribution in [0, 0.1) is 12.7 Å². The van der Waals surface area contributed by atoms with Gasteiger partial charge in [-0.05, 0) is 30.7 Å². The summed E-state index contributed by atoms with van der Waals surface area (Å²) in [6.45, 7) is 2.11. The monoisotopic (exact) mass is 330 g/mol. The minimum absolute atomic E-state index is 0.182. The number of rotatable bonds is 3. The third-order valence-corrected chi connectivity index (χ3v) is 4.76. The second kappa shape index (κ2) is 5.96. The van der Waals surface area contributed by atoms with Crippen molar-refractivity contribution in [2.45, 2.75) is 13.5 Å². The van der Waals surface area contributed by atoms with Gasteiger partial charge in [-0.15, -0.1) is 11.3 Å². The summed E-state index contributed by atoms with van der Waals surface area (Å²) >= 11 is 1.43. The highest BCUT2D eigenvalue weighted by Crippen LogP contribution is 2.28. The van der Waals surface area contributed by atoms with Crippen LogP contribution in [0.5, 0.6) is 0 Å². The van der Waals surface area contributed by atoms with E-state index >= 15 is 0 Å². The number of aromatic nitrogens is 1. The zero-order valence-corrected chi connectivity index (χ0v) is 13.5. The molecule has 0 atom stereocenters. The Labute approximate surface area is 136 Å². The lowest BCUT2D eigenvalue weighted by molar-refractivity contribution is 0.0952. The average molecular weight is 330 g/mol. The summed E-state index contributed by atoms with van der Waals surface area (Å²) in [5.74, 6) is -0.607. The molecule has 0 bridgehead atoms. The molecule has 0 saturated heterocycles. The molecule has 0 radical (unpaired) electrons. The van der Waals surface area contributed by atoms with Gasteiger partial charge < -0.3 is 9.88 Å². The maximum atomic E-state index is 12.9. The molecule has 3 aromatic rings. The van der Waals surface area contributed by atoms with E-state index in [1.807, 2.05) is 13.0 Å². The Balaban J connectivity index is 1.92. The fourth-order valence-electron chi connectivity index (χ4n) is 2.47. The van der Waals surface area contributed by atoms with Crippen LogP contribution in [-0.2, 0) is 13.6 Å². The number of nitrogens with one attached hydrogen (secondary N) is 1. The van der Waals surface area contributed by atoms with E-state index in [4.69, 9.17) is 0 Å². The van der Waals surface area contributed by atoms with Crippen LogP contribution < -0.4 is 10.9 Å². The first-order valence-electron chi connectivity index (χ1n) is 7.08. The van der Waals surface area contributed by atoms with Gasteiger partial charge in [0.25, 0.3) is 11.5 Å². The molecule has 2 heterocycles. The molecule has 0 aliphatic heterocycles. The van der Waals surface area contributed by atoms with Gasteiger partial charge in [0, 0.05) is 29.4 Å². The number of benzene rings is 1. The minimum Gasteiger partial charge on any atom is -0.348 e. The largest absolute Gasteiger partial charge is 0.348 e. The Morgan fingerprint density at radius 1 is 1.26 bits per heavy atom. The highest BCUT2D eigenvalue weighted by Gasteiger charge is 2.19. The van der Waals surface area contributed by atoms with Crippen LogP contribution in [0.1, 0.15) is 20.8 Å². The van der Waals surface area contributed by atoms with E-state index < -0.39 is 0 Å². The van der Waals surface area contributed by atoms with Crippen molar-refractivity contribution in [3.05, 3.63) is 68.7 Å². The van der Waals surface area contributed by atoms with Gasteiger partial charge >= 0.3 is 0 Å². The number of hydrogen-bond acceptors (Lipinski definition) is 3. The molecule has 6 heteroatoms. The van der Waals surface area contributed by atoms with Crippen molar-refractivity contribution in [1.82, 2.24) is 9.88 Å². The van der Waals surface area contributed by atoms with Gasteiger partial charge in [0.05, 0.1) is 10.9 Å². The SMILES string of the molecule is Cc1sc2ccn(C)c(=O)c2c1C(=O)NCc1ccc(F)cc1. The van der Waals surface area contributed by atoms with Crippen molar-refractivity contribution in [2.24, 2.45) is 7.05 Å². The van der Waals surface area contributed by atoms with Crippen LogP contribution in [0.15, 0.2) is 41.3 Å². The minimum atomic E-state index is -0.316. The van der Waals surface area contributed by atoms with Gasteiger partial charge in [0.2, 0.25) is 0 Å². The molecule has 0 aliphatic carbocycles. The summed E-state index contributed by atoms with van der Waals surface area (Å²) in [4.78, 5) is 25.6. The van der Waals surface area contributed by atoms with Gasteiger partial charge in [0.1, 0.15) is 5.82 Å². The number of fused-ring (bicyclic) bond motifs is 1. The van der Waals surface area contributed by atoms with Crippen molar-refractivity contribution in [3.8, 4) is 0 Å². The van der Waals surface area contributed by atoms with Crippen molar-refractivity contribution < 1.29 is 9.18 Å². The number of hydrogen-bond donors (Lipinski definition) is 1. The first kappa shape index (κ1) is 15.4. The standard InChI is InChI=1S/C17H15FN2O2S/c1-10-14(15-13(23-10)7-8-20(2)17(15)22)16(21)19-9-11-3-5-12(18)6-4-11/h3-8H,9H2,1-2H3,(H,19,21). The van der Waals surface area contributed by atoms with Crippen LogP contribution in [0.25, 0.3) is 10.1 Å². The third-order valence-electron chi connectivity index (χ3n) is 3.69. The molecule has 1 N–H and O–H groups in total. The van der Waals surface area contributed by atoms with Gasteiger partial charge in [-0.2, -0.15) is 0 Å². The molecule has 0 fully saturated rings. The predicted molar refractivity (Wildman–Crippen MR) is 89.4 cm³/mol. The molecular formula is C17H15FN2O2S. The lowest BCUT2D eigenvalue weighted by atomic mass is 10.1. The fourth-order valence-corrected chi connectivity index (χ4v) is 3.51. The normalized spacial score (nSPS) is 10.9. The summed E-state index contributed by atoms with van der Waals surface area (Å²) in [5, 5.41) is 3.25. The second-order valence-electron chi connectivity index (χ2n) is 5.31. The maximum Gasteiger partial charge on any atom is 0.259 e. The van der Waals surface area contributed by atoms with Crippen LogP contribution >= 0.6 is 11.3 Å². The highest BCUT2D eigenvalue weighted by atomic mass is 32.1. The van der Waals surface area contributed by atoms with Crippen molar-refractivity contribution in [2.75, 3.05) is 0 Å². The Morgan fingerprint density at radius 2 is 1.96 bits per heavy atom. The topological polar surface area (TPSA) is 51.1 Å². The van der Waals surface area contributed by atoms with Gasteiger partial charge in [-0.3, -0.25) is 9.59 Å². The Morgan fingerprint density at radius 3 is 2.65 bits per heavy atom. The summed E-state index contributed by atoms with van der Waals surface area (Å²) < 4.78 is 15.2. The zero-order chi connectivity index (χ0) is 16.6. The summed E-state index contributed by atoms with van der Waals surface area (Å²) in [6, 6.07) is 7.77. The molecular weight excluding hydrogens is 315 g/mol. The smallest absolute Gasteiger partial charge is 0.259 e. The molecule has 0 unspecified atom stereocenters. The number of halogens is 1. The van der Waals surface area contributed by atoms with E-state index in [9.17, 15) is 14.0 Å². The molecule has 23 heavy (non-hydrogen) atoms. The Kier molecular flexibility index (Phi) is 4.00. The third kappa shape index (κ3) is 2.90. The Bertz CT molecular complexity index is 942. The molecule has 1 amide bonds. The molecule has 1 aromatic carbocycles. The molecule has 118 valence electrons. The summed E-state index contributed by atoms with van der Waals surface area (Å²) in [5.41, 5.74) is 1.04. The fraction of sp³-hybridized carbons (Fsp3) is 0.176. The first-order valence-corrected chi connectivity index (χ1v) is 7.90. The van der Waals surface area contributed by atoms with E-state index in [2.05, 4.69) is 5.32 Å². The van der Waals surface area contributed by atoms with Crippen molar-refractivity contribution in [3.63, 3.8) is 0 Å². The van der Waals surface area contributed by atoms with Crippen LogP contribution in [0.3, 0.4) is 0 Å². The first-order chi connectivity index (χ1) is 11.0. The number of aryl methyl sites for hydroxylation is 2. The number of amides is 1. The Hall–Kier alpha value is -2.47. The van der Waals surface area contributed by atoms with E-state index in [-0.39, 0.29) is 23.8 Å². The molecule has 0 aliphatic rings. The second-order valence-corrected chi connectivity index (χ2v) is 6.57. The summed E-state index contributed by atoms with van der Waals surface area (Å²) in [6.07, 6.45) is 1.70. The molecule has 2 aromatic heterocycles. The van der Waals surface area contributed by atoms with E-state index in [0.29, 0.717) is 10.9 Å². The quantitative estimate of drug-likeness (QED) is 0.803. The molecule has 0 spiro atoms. The van der Waals surface area contributed by atoms with Gasteiger partial charge in [0.15, 0.2) is 0 Å². The van der Waals surface area contributed by atoms with Crippen LogP contribution in [-0.4, -0.2) is 10.5 Å². The lowest BCUT2D eigenvalue weighted by Gasteiger charge is -2.06. The molecule has 3 rings (SSSR count). The number of carbonyl (C=O) groups excluding carboxylic acids is 1. The highest BCUT2D eigenvalue weighted by molar-refractivity contribution is 7.19. The number of thiophene rings is 1. The zero-order valence-electron chi connectivity index (χ0n) is 12.7. The van der Waals surface area contributed by atoms with E-state index in [1.165, 1.54) is 28.0 Å². The number of pyridine rings is 1.